The maximum absolute atomic E-state index is 12.2. The fourth-order valence-electron chi connectivity index (χ4n) is 1.71. The first-order valence-corrected chi connectivity index (χ1v) is 6.95. The first-order chi connectivity index (χ1) is 9.90. The molecule has 0 atom stereocenters. The number of hydrogen-bond donors (Lipinski definition) is 3. The van der Waals surface area contributed by atoms with E-state index in [1.807, 2.05) is 0 Å². The second-order valence-corrected chi connectivity index (χ2v) is 5.42. The van der Waals surface area contributed by atoms with Gasteiger partial charge in [0.25, 0.3) is 5.91 Å². The molecule has 0 bridgehead atoms. The zero-order valence-corrected chi connectivity index (χ0v) is 12.9. The number of carbonyl (C=O) groups excluding carboxylic acids is 1. The zero-order valence-electron chi connectivity index (χ0n) is 10.6. The molecule has 108 valence electrons. The summed E-state index contributed by atoms with van der Waals surface area (Å²) < 4.78 is 0.583. The van der Waals surface area contributed by atoms with E-state index >= 15 is 0 Å². The number of benzene rings is 2. The van der Waals surface area contributed by atoms with Crippen LogP contribution < -0.4 is 11.1 Å². The second kappa shape index (κ2) is 6.15. The average Bonchev–Trinajstić information content (AvgIpc) is 2.41. The van der Waals surface area contributed by atoms with Crippen LogP contribution in [0, 0.1) is 0 Å². The van der Waals surface area contributed by atoms with Gasteiger partial charge in [-0.25, -0.2) is 4.79 Å². The molecule has 5 nitrogen and oxygen atoms in total. The van der Waals surface area contributed by atoms with Crippen LogP contribution in [0.5, 0.6) is 0 Å². The zero-order chi connectivity index (χ0) is 15.6. The predicted molar refractivity (Wildman–Crippen MR) is 84.9 cm³/mol. The van der Waals surface area contributed by atoms with Crippen molar-refractivity contribution in [1.29, 1.82) is 0 Å². The maximum atomic E-state index is 12.2. The summed E-state index contributed by atoms with van der Waals surface area (Å²) in [6.45, 7) is 0. The van der Waals surface area contributed by atoms with E-state index in [1.165, 1.54) is 12.1 Å². The van der Waals surface area contributed by atoms with Crippen molar-refractivity contribution < 1.29 is 14.7 Å². The van der Waals surface area contributed by atoms with E-state index in [4.69, 9.17) is 22.4 Å². The van der Waals surface area contributed by atoms with Gasteiger partial charge >= 0.3 is 5.97 Å². The van der Waals surface area contributed by atoms with E-state index in [0.717, 1.165) is 0 Å². The normalized spacial score (nSPS) is 10.2. The molecule has 2 aromatic carbocycles. The molecule has 0 radical (unpaired) electrons. The Morgan fingerprint density at radius 3 is 2.57 bits per heavy atom. The van der Waals surface area contributed by atoms with Crippen LogP contribution in [-0.4, -0.2) is 17.0 Å². The van der Waals surface area contributed by atoms with Gasteiger partial charge in [-0.2, -0.15) is 0 Å². The Kier molecular flexibility index (Phi) is 4.50. The summed E-state index contributed by atoms with van der Waals surface area (Å²) in [5.41, 5.74) is 6.47. The molecule has 0 fully saturated rings. The van der Waals surface area contributed by atoms with Crippen LogP contribution in [0.15, 0.2) is 40.9 Å². The van der Waals surface area contributed by atoms with E-state index in [9.17, 15) is 9.59 Å². The lowest BCUT2D eigenvalue weighted by atomic mass is 10.1. The third kappa shape index (κ3) is 3.34. The van der Waals surface area contributed by atoms with Gasteiger partial charge in [0.15, 0.2) is 0 Å². The van der Waals surface area contributed by atoms with Gasteiger partial charge in [0.2, 0.25) is 0 Å². The molecule has 2 aromatic rings. The van der Waals surface area contributed by atoms with Crippen molar-refractivity contribution in [3.05, 3.63) is 57.0 Å². The van der Waals surface area contributed by atoms with Crippen LogP contribution in [0.4, 0.5) is 11.4 Å². The predicted octanol–water partition coefficient (Wildman–Crippen LogP) is 3.64. The lowest BCUT2D eigenvalue weighted by Crippen LogP contribution is -2.15. The third-order valence-corrected chi connectivity index (χ3v) is 3.74. The molecular formula is C14H10BrClN2O3. The van der Waals surface area contributed by atoms with Crippen molar-refractivity contribution in [3.63, 3.8) is 0 Å². The SMILES string of the molecule is Nc1ccc(C(=O)Nc2cccc(Cl)c2C(=O)O)cc1Br. The van der Waals surface area contributed by atoms with E-state index in [1.54, 1.807) is 24.3 Å². The lowest BCUT2D eigenvalue weighted by Gasteiger charge is -2.10. The number of carboxylic acids is 1. The van der Waals surface area contributed by atoms with Gasteiger partial charge in [0.1, 0.15) is 5.56 Å². The van der Waals surface area contributed by atoms with Crippen molar-refractivity contribution in [3.8, 4) is 0 Å². The van der Waals surface area contributed by atoms with Crippen LogP contribution in [0.2, 0.25) is 5.02 Å². The number of anilines is 2. The molecule has 1 amide bonds. The van der Waals surface area contributed by atoms with Crippen LogP contribution in [0.25, 0.3) is 0 Å². The number of rotatable bonds is 3. The highest BCUT2D eigenvalue weighted by atomic mass is 79.9. The number of aromatic carboxylic acids is 1. The van der Waals surface area contributed by atoms with E-state index in [-0.39, 0.29) is 16.3 Å². The quantitative estimate of drug-likeness (QED) is 0.720. The summed E-state index contributed by atoms with van der Waals surface area (Å²) in [6, 6.07) is 9.15. The Morgan fingerprint density at radius 1 is 1.24 bits per heavy atom. The summed E-state index contributed by atoms with van der Waals surface area (Å²) in [6.07, 6.45) is 0. The minimum absolute atomic E-state index is 0.0544. The van der Waals surface area contributed by atoms with Crippen LogP contribution >= 0.6 is 27.5 Å². The number of halogens is 2. The number of carbonyl (C=O) groups is 2. The molecule has 0 saturated heterocycles. The molecule has 0 saturated carbocycles. The highest BCUT2D eigenvalue weighted by Gasteiger charge is 2.17. The summed E-state index contributed by atoms with van der Waals surface area (Å²) in [4.78, 5) is 23.4. The first kappa shape index (κ1) is 15.3. The monoisotopic (exact) mass is 368 g/mol. The van der Waals surface area contributed by atoms with Crippen molar-refractivity contribution in [2.45, 2.75) is 0 Å². The fourth-order valence-corrected chi connectivity index (χ4v) is 2.34. The van der Waals surface area contributed by atoms with Crippen molar-refractivity contribution >= 4 is 50.8 Å². The van der Waals surface area contributed by atoms with E-state index < -0.39 is 11.9 Å². The van der Waals surface area contributed by atoms with Gasteiger partial charge in [0.05, 0.1) is 10.7 Å². The molecule has 4 N–H and O–H groups in total. The molecule has 0 unspecified atom stereocenters. The largest absolute Gasteiger partial charge is 0.478 e. The van der Waals surface area contributed by atoms with Gasteiger partial charge in [-0.05, 0) is 46.3 Å². The Labute approximate surface area is 133 Å². The number of nitrogens with two attached hydrogens (primary N) is 1. The van der Waals surface area contributed by atoms with E-state index in [0.29, 0.717) is 15.7 Å². The molecule has 21 heavy (non-hydrogen) atoms. The molecule has 0 aliphatic heterocycles. The second-order valence-electron chi connectivity index (χ2n) is 4.16. The number of carboxylic acid groups (broad SMARTS) is 1. The minimum atomic E-state index is -1.21. The third-order valence-electron chi connectivity index (χ3n) is 2.74. The van der Waals surface area contributed by atoms with Gasteiger partial charge in [-0.3, -0.25) is 4.79 Å². The Bertz CT molecular complexity index is 734. The van der Waals surface area contributed by atoms with Crippen LogP contribution in [0.1, 0.15) is 20.7 Å². The number of nitrogens with one attached hydrogen (secondary N) is 1. The molecule has 0 heterocycles. The highest BCUT2D eigenvalue weighted by molar-refractivity contribution is 9.10. The van der Waals surface area contributed by atoms with Gasteiger partial charge in [-0.1, -0.05) is 17.7 Å². The average molecular weight is 370 g/mol. The molecule has 0 aromatic heterocycles. The summed E-state index contributed by atoms with van der Waals surface area (Å²) in [7, 11) is 0. The van der Waals surface area contributed by atoms with Crippen molar-refractivity contribution in [1.82, 2.24) is 0 Å². The molecular weight excluding hydrogens is 360 g/mol. The van der Waals surface area contributed by atoms with E-state index in [2.05, 4.69) is 21.2 Å². The van der Waals surface area contributed by atoms with Gasteiger partial charge < -0.3 is 16.2 Å². The maximum Gasteiger partial charge on any atom is 0.339 e. The Morgan fingerprint density at radius 2 is 1.95 bits per heavy atom. The smallest absolute Gasteiger partial charge is 0.339 e. The first-order valence-electron chi connectivity index (χ1n) is 5.78. The topological polar surface area (TPSA) is 92.4 Å². The van der Waals surface area contributed by atoms with Crippen LogP contribution in [-0.2, 0) is 0 Å². The molecule has 0 aliphatic rings. The molecule has 7 heteroatoms. The molecule has 0 aliphatic carbocycles. The van der Waals surface area contributed by atoms with Gasteiger partial charge in [-0.15, -0.1) is 0 Å². The summed E-state index contributed by atoms with van der Waals surface area (Å²) in [5, 5.41) is 11.7. The fraction of sp³-hybridized carbons (Fsp3) is 0. The number of nitrogen functional groups attached to an aromatic ring is 1. The summed E-state index contributed by atoms with van der Waals surface area (Å²) in [5.74, 6) is -1.67. The van der Waals surface area contributed by atoms with Gasteiger partial charge in [0, 0.05) is 15.7 Å². The van der Waals surface area contributed by atoms with Crippen molar-refractivity contribution in [2.75, 3.05) is 11.1 Å². The molecule has 0 spiro atoms. The Balaban J connectivity index is 2.34. The van der Waals surface area contributed by atoms with Crippen molar-refractivity contribution in [2.24, 2.45) is 0 Å². The number of hydrogen-bond acceptors (Lipinski definition) is 3. The molecule has 2 rings (SSSR count). The lowest BCUT2D eigenvalue weighted by molar-refractivity contribution is 0.0698. The van der Waals surface area contributed by atoms with Crippen LogP contribution in [0.3, 0.4) is 0 Å². The minimum Gasteiger partial charge on any atom is -0.478 e. The highest BCUT2D eigenvalue weighted by Crippen LogP contribution is 2.26. The number of amides is 1. The Hall–Kier alpha value is -2.05. The standard InChI is InChI=1S/C14H10BrClN2O3/c15-8-6-7(4-5-10(8)17)13(19)18-11-3-1-2-9(16)12(11)14(20)21/h1-6H,17H2,(H,18,19)(H,20,21). The summed E-state index contributed by atoms with van der Waals surface area (Å²) >= 11 is 9.07.